The summed E-state index contributed by atoms with van der Waals surface area (Å²) in [5.74, 6) is -2.10. The highest BCUT2D eigenvalue weighted by molar-refractivity contribution is 6.00. The fraction of sp³-hybridized carbons (Fsp3) is 0.350. The van der Waals surface area contributed by atoms with Gasteiger partial charge < -0.3 is 19.7 Å². The van der Waals surface area contributed by atoms with Gasteiger partial charge in [0.25, 0.3) is 5.91 Å². The van der Waals surface area contributed by atoms with Gasteiger partial charge in [-0.2, -0.15) is 5.10 Å². The van der Waals surface area contributed by atoms with E-state index in [1.807, 2.05) is 18.9 Å². The quantitative estimate of drug-likeness (QED) is 0.525. The van der Waals surface area contributed by atoms with Crippen molar-refractivity contribution in [3.63, 3.8) is 0 Å². The number of hydrogen-bond donors (Lipinski definition) is 1. The van der Waals surface area contributed by atoms with Gasteiger partial charge in [0, 0.05) is 26.9 Å². The van der Waals surface area contributed by atoms with E-state index < -0.39 is 29.9 Å². The van der Waals surface area contributed by atoms with Gasteiger partial charge in [0.2, 0.25) is 0 Å². The number of halogens is 4. The van der Waals surface area contributed by atoms with Crippen LogP contribution in [0.5, 0.6) is 5.75 Å². The van der Waals surface area contributed by atoms with Crippen molar-refractivity contribution in [3.8, 4) is 5.75 Å². The van der Waals surface area contributed by atoms with Gasteiger partial charge in [0.15, 0.2) is 17.2 Å². The molecule has 0 aliphatic carbocycles. The minimum Gasteiger partial charge on any atom is -0.403 e. The maximum atomic E-state index is 14.1. The first kappa shape index (κ1) is 23.3. The number of rotatable bonds is 8. The van der Waals surface area contributed by atoms with Crippen LogP contribution in [0.25, 0.3) is 5.65 Å². The number of fused-ring (bicyclic) bond motifs is 1. The summed E-state index contributed by atoms with van der Waals surface area (Å²) >= 11 is 0. The van der Waals surface area contributed by atoms with Gasteiger partial charge in [0.1, 0.15) is 11.4 Å². The Bertz CT molecular complexity index is 1100. The molecule has 0 spiro atoms. The van der Waals surface area contributed by atoms with Crippen LogP contribution in [0.1, 0.15) is 28.9 Å². The van der Waals surface area contributed by atoms with Crippen molar-refractivity contribution in [2.75, 3.05) is 32.2 Å². The van der Waals surface area contributed by atoms with Crippen molar-refractivity contribution in [2.45, 2.75) is 19.3 Å². The van der Waals surface area contributed by atoms with Crippen LogP contribution < -0.4 is 15.0 Å². The molecule has 12 heteroatoms. The predicted octanol–water partition coefficient (Wildman–Crippen LogP) is 3.34. The monoisotopic (exact) mass is 455 g/mol. The van der Waals surface area contributed by atoms with Gasteiger partial charge in [0.05, 0.1) is 18.8 Å². The third kappa shape index (κ3) is 5.25. The number of nitrogens with zero attached hydrogens (tertiary/aromatic N) is 4. The molecule has 1 unspecified atom stereocenters. The molecule has 0 bridgehead atoms. The maximum absolute atomic E-state index is 14.1. The van der Waals surface area contributed by atoms with E-state index in [2.05, 4.69) is 20.1 Å². The third-order valence-corrected chi connectivity index (χ3v) is 4.69. The van der Waals surface area contributed by atoms with Crippen molar-refractivity contribution >= 4 is 17.4 Å². The molecule has 0 fully saturated rings. The number of amides is 1. The second-order valence-corrected chi connectivity index (χ2v) is 6.85. The van der Waals surface area contributed by atoms with Crippen LogP contribution in [0.2, 0.25) is 0 Å². The second-order valence-electron chi connectivity index (χ2n) is 6.85. The Hall–Kier alpha value is -3.41. The molecular weight excluding hydrogens is 434 g/mol. The van der Waals surface area contributed by atoms with Crippen LogP contribution in [-0.4, -0.2) is 54.2 Å². The van der Waals surface area contributed by atoms with Gasteiger partial charge in [-0.05, 0) is 30.7 Å². The van der Waals surface area contributed by atoms with Gasteiger partial charge in [-0.25, -0.2) is 13.9 Å². The third-order valence-electron chi connectivity index (χ3n) is 4.69. The van der Waals surface area contributed by atoms with Crippen molar-refractivity contribution < 1.29 is 31.8 Å². The topological polar surface area (TPSA) is 81.0 Å². The molecule has 2 aromatic heterocycles. The number of ether oxygens (including phenoxy) is 2. The molecule has 3 rings (SSSR count). The molecule has 1 aromatic carbocycles. The summed E-state index contributed by atoms with van der Waals surface area (Å²) in [6.45, 7) is 2.60. The number of nitrogens with one attached hydrogen (secondary N) is 1. The molecule has 0 aliphatic heterocycles. The van der Waals surface area contributed by atoms with Gasteiger partial charge in [-0.15, -0.1) is 13.2 Å². The Labute approximate surface area is 180 Å². The number of hydrogen-bond acceptors (Lipinski definition) is 6. The van der Waals surface area contributed by atoms with Crippen LogP contribution in [0.4, 0.5) is 23.4 Å². The van der Waals surface area contributed by atoms with Gasteiger partial charge in [-0.1, -0.05) is 6.07 Å². The Kier molecular flexibility index (Phi) is 6.82. The first-order valence-electron chi connectivity index (χ1n) is 9.53. The summed E-state index contributed by atoms with van der Waals surface area (Å²) in [6, 6.07) is 3.83. The molecule has 2 heterocycles. The lowest BCUT2D eigenvalue weighted by Crippen LogP contribution is -2.31. The van der Waals surface area contributed by atoms with Crippen LogP contribution in [-0.2, 0) is 4.74 Å². The van der Waals surface area contributed by atoms with E-state index in [4.69, 9.17) is 4.74 Å². The SMILES string of the molecule is CCN(C)c1ccn2ncc(C(=O)NC(COC)c3ccc(OC(F)(F)F)c(F)c3)c2n1. The zero-order chi connectivity index (χ0) is 23.5. The number of anilines is 1. The molecule has 8 nitrogen and oxygen atoms in total. The fourth-order valence-corrected chi connectivity index (χ4v) is 2.96. The van der Waals surface area contributed by atoms with Gasteiger partial charge in [-0.3, -0.25) is 4.79 Å². The highest BCUT2D eigenvalue weighted by Gasteiger charge is 2.32. The van der Waals surface area contributed by atoms with Crippen molar-refractivity contribution in [1.82, 2.24) is 19.9 Å². The molecule has 0 saturated carbocycles. The Morgan fingerprint density at radius 2 is 2.06 bits per heavy atom. The van der Waals surface area contributed by atoms with E-state index in [-0.39, 0.29) is 17.7 Å². The first-order valence-corrected chi connectivity index (χ1v) is 9.53. The number of carbonyl (C=O) groups excluding carboxylic acids is 1. The molecule has 1 atom stereocenters. The number of methoxy groups -OCH3 is 1. The average Bonchev–Trinajstić information content (AvgIpc) is 3.16. The number of carbonyl (C=O) groups is 1. The summed E-state index contributed by atoms with van der Waals surface area (Å²) < 4.78 is 61.4. The van der Waals surface area contributed by atoms with E-state index in [9.17, 15) is 22.4 Å². The summed E-state index contributed by atoms with van der Waals surface area (Å²) in [4.78, 5) is 19.3. The van der Waals surface area contributed by atoms with Crippen LogP contribution in [0.3, 0.4) is 0 Å². The van der Waals surface area contributed by atoms with E-state index >= 15 is 0 Å². The lowest BCUT2D eigenvalue weighted by molar-refractivity contribution is -0.275. The van der Waals surface area contributed by atoms with E-state index in [0.29, 0.717) is 18.0 Å². The number of aromatic nitrogens is 3. The molecule has 3 aromatic rings. The molecule has 32 heavy (non-hydrogen) atoms. The van der Waals surface area contributed by atoms with Crippen molar-refractivity contribution in [1.29, 1.82) is 0 Å². The largest absolute Gasteiger partial charge is 0.573 e. The zero-order valence-corrected chi connectivity index (χ0v) is 17.5. The van der Waals surface area contributed by atoms with Crippen molar-refractivity contribution in [3.05, 3.63) is 53.6 Å². The molecular formula is C20H21F4N5O3. The number of alkyl halides is 3. The van der Waals surface area contributed by atoms with Crippen LogP contribution in [0.15, 0.2) is 36.7 Å². The Balaban J connectivity index is 1.86. The summed E-state index contributed by atoms with van der Waals surface area (Å²) in [6.07, 6.45) is -2.01. The van der Waals surface area contributed by atoms with E-state index in [1.54, 1.807) is 12.3 Å². The summed E-state index contributed by atoms with van der Waals surface area (Å²) in [5, 5.41) is 6.80. The average molecular weight is 455 g/mol. The lowest BCUT2D eigenvalue weighted by Gasteiger charge is -2.19. The molecule has 0 aliphatic rings. The molecule has 1 amide bonds. The van der Waals surface area contributed by atoms with E-state index in [1.165, 1.54) is 23.9 Å². The first-order chi connectivity index (χ1) is 15.1. The van der Waals surface area contributed by atoms with E-state index in [0.717, 1.165) is 12.1 Å². The second kappa shape index (κ2) is 9.39. The Morgan fingerprint density at radius 3 is 2.69 bits per heavy atom. The lowest BCUT2D eigenvalue weighted by atomic mass is 10.1. The zero-order valence-electron chi connectivity index (χ0n) is 17.5. The van der Waals surface area contributed by atoms with Crippen molar-refractivity contribution in [2.24, 2.45) is 0 Å². The molecule has 0 saturated heterocycles. The van der Waals surface area contributed by atoms with Crippen LogP contribution >= 0.6 is 0 Å². The summed E-state index contributed by atoms with van der Waals surface area (Å²) in [5.41, 5.74) is 0.689. The molecule has 172 valence electrons. The minimum absolute atomic E-state index is 0.0544. The Morgan fingerprint density at radius 1 is 1.31 bits per heavy atom. The normalized spacial score (nSPS) is 12.6. The van der Waals surface area contributed by atoms with Gasteiger partial charge >= 0.3 is 6.36 Å². The molecule has 0 radical (unpaired) electrons. The highest BCUT2D eigenvalue weighted by atomic mass is 19.4. The molecule has 1 N–H and O–H groups in total. The van der Waals surface area contributed by atoms with Crippen LogP contribution in [0, 0.1) is 5.82 Å². The predicted molar refractivity (Wildman–Crippen MR) is 107 cm³/mol. The minimum atomic E-state index is -5.02. The maximum Gasteiger partial charge on any atom is 0.573 e. The fourth-order valence-electron chi connectivity index (χ4n) is 2.96. The number of benzene rings is 1. The summed E-state index contributed by atoms with van der Waals surface area (Å²) in [7, 11) is 3.23. The smallest absolute Gasteiger partial charge is 0.403 e. The standard InChI is InChI=1S/C20H21F4N5O3/c1-4-28(2)17-7-8-29-18(27-17)13(10-25-29)19(30)26-15(11-31-3)12-5-6-16(14(21)9-12)32-20(22,23)24/h5-10,15H,4,11H2,1-3H3,(H,26,30). The highest BCUT2D eigenvalue weighted by Crippen LogP contribution is 2.28.